The van der Waals surface area contributed by atoms with Gasteiger partial charge in [-0.25, -0.2) is 24.6 Å². The monoisotopic (exact) mass is 373 g/mol. The van der Waals surface area contributed by atoms with Crippen LogP contribution in [0.4, 0.5) is 0 Å². The molecule has 0 unspecified atom stereocenters. The van der Waals surface area contributed by atoms with Crippen LogP contribution in [0.5, 0.6) is 0 Å². The van der Waals surface area contributed by atoms with Crippen molar-refractivity contribution < 1.29 is 9.53 Å². The highest BCUT2D eigenvalue weighted by Gasteiger charge is 2.21. The minimum absolute atomic E-state index is 0.0120. The van der Waals surface area contributed by atoms with Crippen LogP contribution in [0.2, 0.25) is 0 Å². The third kappa shape index (κ3) is 3.92. The normalized spacial score (nSPS) is 11.0. The Hall–Kier alpha value is -2.72. The zero-order valence-corrected chi connectivity index (χ0v) is 15.4. The predicted octanol–water partition coefficient (Wildman–Crippen LogP) is 1.10. The van der Waals surface area contributed by atoms with Crippen molar-refractivity contribution in [1.29, 1.82) is 0 Å². The zero-order chi connectivity index (χ0) is 18.5. The van der Waals surface area contributed by atoms with Gasteiger partial charge in [-0.2, -0.15) is 5.10 Å². The third-order valence-corrected chi connectivity index (χ3v) is 4.64. The summed E-state index contributed by atoms with van der Waals surface area (Å²) in [6.07, 6.45) is 4.07. The summed E-state index contributed by atoms with van der Waals surface area (Å²) in [5.74, 6) is 1.13. The van der Waals surface area contributed by atoms with E-state index in [9.17, 15) is 4.79 Å². The number of methoxy groups -OCH3 is 1. The smallest absolute Gasteiger partial charge is 0.225 e. The van der Waals surface area contributed by atoms with Crippen LogP contribution in [0.25, 0.3) is 21.5 Å². The molecule has 0 aliphatic heterocycles. The number of aromatic nitrogens is 6. The lowest BCUT2D eigenvalue weighted by atomic mass is 10.3. The van der Waals surface area contributed by atoms with Gasteiger partial charge in [-0.15, -0.1) is 11.3 Å². The Morgan fingerprint density at radius 1 is 1.31 bits per heavy atom. The van der Waals surface area contributed by atoms with E-state index < -0.39 is 5.91 Å². The number of nitrogens with two attached hydrogens (primary N) is 1. The fourth-order valence-corrected chi connectivity index (χ4v) is 3.49. The lowest BCUT2D eigenvalue weighted by molar-refractivity contribution is -0.117. The Morgan fingerprint density at radius 2 is 2.08 bits per heavy atom. The fraction of sp³-hybridized carbons (Fsp3) is 0.375. The molecule has 0 fully saturated rings. The molecule has 0 saturated carbocycles. The molecular weight excluding hydrogens is 354 g/mol. The van der Waals surface area contributed by atoms with Crippen LogP contribution in [0.15, 0.2) is 18.5 Å². The van der Waals surface area contributed by atoms with E-state index in [1.165, 1.54) is 11.3 Å². The number of carbonyl (C=O) groups excluding carboxylic acids is 1. The number of nitrogens with zero attached hydrogens (tertiary/aromatic N) is 6. The molecule has 3 rings (SSSR count). The van der Waals surface area contributed by atoms with Crippen molar-refractivity contribution in [3.05, 3.63) is 30.0 Å². The first-order valence-corrected chi connectivity index (χ1v) is 8.92. The number of aryl methyl sites for hydroxylation is 1. The summed E-state index contributed by atoms with van der Waals surface area (Å²) in [5.41, 5.74) is 6.16. The molecule has 3 aromatic rings. The molecule has 1 amide bonds. The molecular formula is C16H19N7O2S. The second-order valence-corrected chi connectivity index (χ2v) is 6.43. The second-order valence-electron chi connectivity index (χ2n) is 5.43. The van der Waals surface area contributed by atoms with Crippen molar-refractivity contribution in [2.75, 3.05) is 13.7 Å². The van der Waals surface area contributed by atoms with E-state index in [2.05, 4.69) is 25.0 Å². The first-order valence-electron chi connectivity index (χ1n) is 8.10. The molecule has 0 bridgehead atoms. The Labute approximate surface area is 154 Å². The van der Waals surface area contributed by atoms with Crippen molar-refractivity contribution >= 4 is 17.2 Å². The lowest BCUT2D eigenvalue weighted by Gasteiger charge is -2.04. The molecule has 0 radical (unpaired) electrons. The van der Waals surface area contributed by atoms with E-state index >= 15 is 0 Å². The van der Waals surface area contributed by atoms with Gasteiger partial charge in [-0.1, -0.05) is 6.92 Å². The maximum atomic E-state index is 11.2. The summed E-state index contributed by atoms with van der Waals surface area (Å²) in [6, 6.07) is 1.76. The van der Waals surface area contributed by atoms with Crippen LogP contribution in [0.1, 0.15) is 18.4 Å². The minimum Gasteiger partial charge on any atom is -0.383 e. The van der Waals surface area contributed by atoms with Crippen LogP contribution in [-0.2, 0) is 28.9 Å². The van der Waals surface area contributed by atoms with E-state index in [-0.39, 0.29) is 6.42 Å². The van der Waals surface area contributed by atoms with Gasteiger partial charge in [0.15, 0.2) is 22.5 Å². The molecule has 9 nitrogen and oxygen atoms in total. The maximum Gasteiger partial charge on any atom is 0.225 e. The maximum absolute atomic E-state index is 11.2. The van der Waals surface area contributed by atoms with Gasteiger partial charge in [0.25, 0.3) is 0 Å². The molecule has 3 aromatic heterocycles. The van der Waals surface area contributed by atoms with Crippen LogP contribution in [-0.4, -0.2) is 49.3 Å². The number of primary amides is 1. The van der Waals surface area contributed by atoms with Crippen molar-refractivity contribution in [2.45, 2.75) is 26.3 Å². The zero-order valence-electron chi connectivity index (χ0n) is 14.5. The number of amides is 1. The number of rotatable bonds is 8. The highest BCUT2D eigenvalue weighted by atomic mass is 32.1. The van der Waals surface area contributed by atoms with E-state index in [1.54, 1.807) is 30.3 Å². The largest absolute Gasteiger partial charge is 0.383 e. The van der Waals surface area contributed by atoms with Crippen molar-refractivity contribution in [3.63, 3.8) is 0 Å². The average molecular weight is 373 g/mol. The Bertz CT molecular complexity index is 891. The molecule has 0 aliphatic carbocycles. The minimum atomic E-state index is -0.473. The highest BCUT2D eigenvalue weighted by Crippen LogP contribution is 2.33. The van der Waals surface area contributed by atoms with Crippen LogP contribution in [0.3, 0.4) is 0 Å². The fourth-order valence-electron chi connectivity index (χ4n) is 2.39. The summed E-state index contributed by atoms with van der Waals surface area (Å²) in [5, 5.41) is 5.11. The molecule has 0 spiro atoms. The van der Waals surface area contributed by atoms with E-state index in [0.29, 0.717) is 30.6 Å². The molecule has 0 aromatic carbocycles. The molecule has 3 heterocycles. The molecule has 0 atom stereocenters. The first kappa shape index (κ1) is 18.1. The van der Waals surface area contributed by atoms with Gasteiger partial charge in [-0.05, 0) is 12.5 Å². The summed E-state index contributed by atoms with van der Waals surface area (Å²) >= 11 is 1.45. The van der Waals surface area contributed by atoms with E-state index in [1.807, 2.05) is 6.92 Å². The number of carbonyl (C=O) groups is 1. The highest BCUT2D eigenvalue weighted by molar-refractivity contribution is 7.18. The SMILES string of the molecule is CCc1nc(-c2ncccn2)sc1-c1nc(CC(N)=O)nn1CCOC. The van der Waals surface area contributed by atoms with Gasteiger partial charge in [-0.3, -0.25) is 4.79 Å². The Kier molecular flexibility index (Phi) is 5.64. The van der Waals surface area contributed by atoms with Crippen LogP contribution >= 0.6 is 11.3 Å². The van der Waals surface area contributed by atoms with Crippen LogP contribution < -0.4 is 5.73 Å². The number of ether oxygens (including phenoxy) is 1. The topological polar surface area (TPSA) is 122 Å². The van der Waals surface area contributed by atoms with Gasteiger partial charge < -0.3 is 10.5 Å². The molecule has 0 saturated heterocycles. The number of thiazole rings is 1. The second kappa shape index (κ2) is 8.11. The van der Waals surface area contributed by atoms with Crippen molar-refractivity contribution in [1.82, 2.24) is 29.7 Å². The number of hydrogen-bond donors (Lipinski definition) is 1. The molecule has 10 heteroatoms. The van der Waals surface area contributed by atoms with Crippen molar-refractivity contribution in [2.24, 2.45) is 5.73 Å². The summed E-state index contributed by atoms with van der Waals surface area (Å²) in [7, 11) is 1.62. The van der Waals surface area contributed by atoms with Gasteiger partial charge in [0.2, 0.25) is 5.91 Å². The predicted molar refractivity (Wildman–Crippen MR) is 96.3 cm³/mol. The number of hydrogen-bond acceptors (Lipinski definition) is 8. The molecule has 0 aliphatic rings. The van der Waals surface area contributed by atoms with Crippen LogP contribution in [0, 0.1) is 0 Å². The quantitative estimate of drug-likeness (QED) is 0.627. The first-order chi connectivity index (χ1) is 12.6. The average Bonchev–Trinajstić information content (AvgIpc) is 3.23. The third-order valence-electron chi connectivity index (χ3n) is 3.55. The molecule has 26 heavy (non-hydrogen) atoms. The van der Waals surface area contributed by atoms with Gasteiger partial charge >= 0.3 is 0 Å². The summed E-state index contributed by atoms with van der Waals surface area (Å²) in [6.45, 7) is 3.01. The van der Waals surface area contributed by atoms with Gasteiger partial charge in [0.1, 0.15) is 0 Å². The Morgan fingerprint density at radius 3 is 2.73 bits per heavy atom. The van der Waals surface area contributed by atoms with E-state index in [4.69, 9.17) is 10.5 Å². The Balaban J connectivity index is 2.05. The molecule has 136 valence electrons. The molecule has 2 N–H and O–H groups in total. The standard InChI is InChI=1S/C16H19N7O2S/c1-3-10-13(26-16(20-10)14-18-5-4-6-19-14)15-21-12(9-11(17)24)22-23(15)7-8-25-2/h4-6H,3,7-9H2,1-2H3,(H2,17,24). The van der Waals surface area contributed by atoms with E-state index in [0.717, 1.165) is 22.0 Å². The summed E-state index contributed by atoms with van der Waals surface area (Å²) in [4.78, 5) is 29.8. The van der Waals surface area contributed by atoms with Crippen molar-refractivity contribution in [3.8, 4) is 21.5 Å². The van der Waals surface area contributed by atoms with Gasteiger partial charge in [0.05, 0.1) is 30.1 Å². The lowest BCUT2D eigenvalue weighted by Crippen LogP contribution is -2.15. The summed E-state index contributed by atoms with van der Waals surface area (Å²) < 4.78 is 6.87. The van der Waals surface area contributed by atoms with Gasteiger partial charge in [0, 0.05) is 19.5 Å².